The van der Waals surface area contributed by atoms with Crippen LogP contribution in [-0.2, 0) is 9.53 Å². The number of ether oxygens (including phenoxy) is 1. The molecule has 7 nitrogen and oxygen atoms in total. The molecule has 1 aromatic heterocycles. The van der Waals surface area contributed by atoms with Crippen molar-refractivity contribution in [2.45, 2.75) is 38.1 Å². The number of amides is 1. The summed E-state index contributed by atoms with van der Waals surface area (Å²) in [4.78, 5) is 26.1. The second kappa shape index (κ2) is 5.88. The molecule has 1 aliphatic carbocycles. The molecule has 3 aliphatic rings. The molecule has 130 valence electrons. The summed E-state index contributed by atoms with van der Waals surface area (Å²) < 4.78 is 7.27. The van der Waals surface area contributed by atoms with Crippen LogP contribution in [0.3, 0.4) is 0 Å². The second-order valence-electron chi connectivity index (χ2n) is 7.36. The van der Waals surface area contributed by atoms with Gasteiger partial charge in [-0.05, 0) is 12.8 Å². The normalized spacial score (nSPS) is 30.5. The van der Waals surface area contributed by atoms with Gasteiger partial charge in [0.05, 0.1) is 31.0 Å². The van der Waals surface area contributed by atoms with Gasteiger partial charge in [-0.15, -0.1) is 0 Å². The number of carboxylic acids is 1. The van der Waals surface area contributed by atoms with E-state index in [2.05, 4.69) is 5.10 Å². The fourth-order valence-corrected chi connectivity index (χ4v) is 4.37. The second-order valence-corrected chi connectivity index (χ2v) is 7.36. The summed E-state index contributed by atoms with van der Waals surface area (Å²) in [6, 6.07) is 0.386. The first-order valence-corrected chi connectivity index (χ1v) is 8.75. The SMILES string of the molecule is O=C(c1cnn(C2CCCCC2)c1)N1C[C@@H]2COC[C@]2(C(=O)O)C1. The van der Waals surface area contributed by atoms with Crippen molar-refractivity contribution in [3.05, 3.63) is 18.0 Å². The van der Waals surface area contributed by atoms with E-state index in [4.69, 9.17) is 4.74 Å². The number of aliphatic carboxylic acids is 1. The molecule has 1 amide bonds. The minimum absolute atomic E-state index is 0.118. The van der Waals surface area contributed by atoms with Crippen LogP contribution in [0.2, 0.25) is 0 Å². The maximum absolute atomic E-state index is 12.8. The van der Waals surface area contributed by atoms with Gasteiger partial charge in [-0.1, -0.05) is 19.3 Å². The molecule has 1 N–H and O–H groups in total. The molecule has 0 unspecified atom stereocenters. The lowest BCUT2D eigenvalue weighted by Gasteiger charge is -2.22. The number of hydrogen-bond donors (Lipinski definition) is 1. The first-order chi connectivity index (χ1) is 11.6. The maximum atomic E-state index is 12.8. The van der Waals surface area contributed by atoms with E-state index in [-0.39, 0.29) is 25.0 Å². The van der Waals surface area contributed by atoms with Crippen molar-refractivity contribution in [1.82, 2.24) is 14.7 Å². The van der Waals surface area contributed by atoms with E-state index in [0.29, 0.717) is 24.8 Å². The zero-order valence-electron chi connectivity index (χ0n) is 13.7. The average Bonchev–Trinajstić information content (AvgIpc) is 3.29. The van der Waals surface area contributed by atoms with Crippen molar-refractivity contribution in [2.24, 2.45) is 11.3 Å². The highest BCUT2D eigenvalue weighted by Crippen LogP contribution is 2.42. The molecule has 1 saturated carbocycles. The molecule has 2 aliphatic heterocycles. The topological polar surface area (TPSA) is 84.7 Å². The summed E-state index contributed by atoms with van der Waals surface area (Å²) in [6.45, 7) is 1.27. The Kier molecular flexibility index (Phi) is 3.83. The van der Waals surface area contributed by atoms with Crippen molar-refractivity contribution < 1.29 is 19.4 Å². The van der Waals surface area contributed by atoms with Crippen LogP contribution in [0.4, 0.5) is 0 Å². The highest BCUT2D eigenvalue weighted by atomic mass is 16.5. The average molecular weight is 333 g/mol. The number of aromatic nitrogens is 2. The van der Waals surface area contributed by atoms with Gasteiger partial charge in [0, 0.05) is 25.2 Å². The smallest absolute Gasteiger partial charge is 0.314 e. The van der Waals surface area contributed by atoms with Crippen LogP contribution in [0.25, 0.3) is 0 Å². The lowest BCUT2D eigenvalue weighted by Crippen LogP contribution is -2.40. The van der Waals surface area contributed by atoms with E-state index >= 15 is 0 Å². The standard InChI is InChI=1S/C17H23N3O4/c21-15(12-6-18-20(7-12)14-4-2-1-3-5-14)19-8-13-9-24-11-17(13,10-19)16(22)23/h6-7,13-14H,1-5,8-11H2,(H,22,23)/t13-,17-/m1/s1. The molecule has 2 saturated heterocycles. The Morgan fingerprint density at radius 1 is 1.29 bits per heavy atom. The molecular weight excluding hydrogens is 310 g/mol. The van der Waals surface area contributed by atoms with Crippen molar-refractivity contribution >= 4 is 11.9 Å². The largest absolute Gasteiger partial charge is 0.481 e. The molecule has 4 rings (SSSR count). The lowest BCUT2D eigenvalue weighted by molar-refractivity contribution is -0.149. The molecular formula is C17H23N3O4. The quantitative estimate of drug-likeness (QED) is 0.907. The zero-order valence-corrected chi connectivity index (χ0v) is 13.7. The summed E-state index contributed by atoms with van der Waals surface area (Å²) in [7, 11) is 0. The van der Waals surface area contributed by atoms with Crippen LogP contribution >= 0.6 is 0 Å². The summed E-state index contributed by atoms with van der Waals surface area (Å²) in [6.07, 6.45) is 9.37. The molecule has 0 bridgehead atoms. The maximum Gasteiger partial charge on any atom is 0.314 e. The summed E-state index contributed by atoms with van der Waals surface area (Å²) in [5, 5.41) is 14.0. The van der Waals surface area contributed by atoms with Crippen LogP contribution in [-0.4, -0.2) is 58.0 Å². The monoisotopic (exact) mass is 333 g/mol. The van der Waals surface area contributed by atoms with Gasteiger partial charge >= 0.3 is 5.97 Å². The molecule has 0 spiro atoms. The molecule has 7 heteroatoms. The Labute approximate surface area is 140 Å². The summed E-state index contributed by atoms with van der Waals surface area (Å²) in [5.74, 6) is -1.10. The van der Waals surface area contributed by atoms with E-state index in [1.54, 1.807) is 11.1 Å². The number of nitrogens with zero attached hydrogens (tertiary/aromatic N) is 3. The van der Waals surface area contributed by atoms with E-state index in [9.17, 15) is 14.7 Å². The number of carbonyl (C=O) groups is 2. The van der Waals surface area contributed by atoms with Crippen molar-refractivity contribution in [3.8, 4) is 0 Å². The summed E-state index contributed by atoms with van der Waals surface area (Å²) in [5.41, 5.74) is -0.378. The highest BCUT2D eigenvalue weighted by molar-refractivity contribution is 5.94. The van der Waals surface area contributed by atoms with Crippen molar-refractivity contribution in [2.75, 3.05) is 26.3 Å². The fourth-order valence-electron chi connectivity index (χ4n) is 4.37. The van der Waals surface area contributed by atoms with Gasteiger partial charge in [0.25, 0.3) is 5.91 Å². The fraction of sp³-hybridized carbons (Fsp3) is 0.706. The van der Waals surface area contributed by atoms with Crippen LogP contribution in [0.15, 0.2) is 12.4 Å². The summed E-state index contributed by atoms with van der Waals surface area (Å²) >= 11 is 0. The van der Waals surface area contributed by atoms with E-state index in [0.717, 1.165) is 12.8 Å². The lowest BCUT2D eigenvalue weighted by atomic mass is 9.81. The van der Waals surface area contributed by atoms with Crippen molar-refractivity contribution in [1.29, 1.82) is 0 Å². The zero-order chi connectivity index (χ0) is 16.7. The Balaban J connectivity index is 1.49. The minimum atomic E-state index is -0.935. The predicted octanol–water partition coefficient (Wildman–Crippen LogP) is 1.56. The van der Waals surface area contributed by atoms with Crippen LogP contribution in [0, 0.1) is 11.3 Å². The predicted molar refractivity (Wildman–Crippen MR) is 84.6 cm³/mol. The van der Waals surface area contributed by atoms with Gasteiger partial charge < -0.3 is 14.7 Å². The van der Waals surface area contributed by atoms with Crippen molar-refractivity contribution in [3.63, 3.8) is 0 Å². The first-order valence-electron chi connectivity index (χ1n) is 8.75. The van der Waals surface area contributed by atoms with Crippen LogP contribution < -0.4 is 0 Å². The number of likely N-dealkylation sites (tertiary alicyclic amines) is 1. The van der Waals surface area contributed by atoms with Crippen LogP contribution in [0.1, 0.15) is 48.5 Å². The van der Waals surface area contributed by atoms with Gasteiger partial charge in [-0.3, -0.25) is 14.3 Å². The third kappa shape index (κ3) is 2.42. The number of fused-ring (bicyclic) bond motifs is 1. The molecule has 1 aromatic rings. The molecule has 0 radical (unpaired) electrons. The van der Waals surface area contributed by atoms with Gasteiger partial charge in [0.1, 0.15) is 5.41 Å². The number of rotatable bonds is 3. The first kappa shape index (κ1) is 15.6. The Hall–Kier alpha value is -1.89. The molecule has 24 heavy (non-hydrogen) atoms. The molecule has 2 atom stereocenters. The number of carboxylic acid groups (broad SMARTS) is 1. The number of hydrogen-bond acceptors (Lipinski definition) is 4. The van der Waals surface area contributed by atoms with Gasteiger partial charge in [0.15, 0.2) is 0 Å². The Morgan fingerprint density at radius 3 is 2.79 bits per heavy atom. The molecule has 0 aromatic carbocycles. The molecule has 3 heterocycles. The minimum Gasteiger partial charge on any atom is -0.481 e. The number of carbonyl (C=O) groups excluding carboxylic acids is 1. The third-order valence-electron chi connectivity index (χ3n) is 5.88. The van der Waals surface area contributed by atoms with Crippen LogP contribution in [0.5, 0.6) is 0 Å². The Bertz CT molecular complexity index is 652. The van der Waals surface area contributed by atoms with E-state index < -0.39 is 11.4 Å². The molecule has 3 fully saturated rings. The van der Waals surface area contributed by atoms with E-state index in [1.807, 2.05) is 10.9 Å². The highest BCUT2D eigenvalue weighted by Gasteiger charge is 2.57. The van der Waals surface area contributed by atoms with Gasteiger partial charge in [-0.2, -0.15) is 5.10 Å². The van der Waals surface area contributed by atoms with Gasteiger partial charge in [-0.25, -0.2) is 0 Å². The van der Waals surface area contributed by atoms with Gasteiger partial charge in [0.2, 0.25) is 0 Å². The third-order valence-corrected chi connectivity index (χ3v) is 5.88. The Morgan fingerprint density at radius 2 is 2.08 bits per heavy atom. The van der Waals surface area contributed by atoms with E-state index in [1.165, 1.54) is 19.3 Å².